The van der Waals surface area contributed by atoms with Gasteiger partial charge in [-0.1, -0.05) is 20.8 Å². The van der Waals surface area contributed by atoms with Crippen LogP contribution in [0.3, 0.4) is 0 Å². The molecule has 5 heteroatoms. The van der Waals surface area contributed by atoms with Gasteiger partial charge in [0.15, 0.2) is 5.13 Å². The van der Waals surface area contributed by atoms with E-state index in [1.165, 1.54) is 11.3 Å². The second kappa shape index (κ2) is 5.59. The fraction of sp³-hybridized carbons (Fsp3) is 0.750. The van der Waals surface area contributed by atoms with E-state index >= 15 is 0 Å². The van der Waals surface area contributed by atoms with Crippen LogP contribution in [0.1, 0.15) is 58.5 Å². The molecular formula is C16H26N2O2S. The topological polar surface area (TPSA) is 51.2 Å². The Kier molecular flexibility index (Phi) is 4.34. The van der Waals surface area contributed by atoms with Crippen LogP contribution in [0, 0.1) is 11.3 Å². The normalized spacial score (nSPS) is 19.0. The molecule has 1 unspecified atom stereocenters. The minimum atomic E-state index is -0.488. The van der Waals surface area contributed by atoms with Crippen molar-refractivity contribution >= 4 is 22.6 Å². The highest BCUT2D eigenvalue weighted by Gasteiger charge is 2.31. The van der Waals surface area contributed by atoms with E-state index in [4.69, 9.17) is 4.74 Å². The van der Waals surface area contributed by atoms with Gasteiger partial charge in [-0.3, -0.25) is 5.32 Å². The molecule has 0 radical (unpaired) electrons. The average Bonchev–Trinajstić information content (AvgIpc) is 2.65. The first-order chi connectivity index (χ1) is 9.54. The molecule has 1 heterocycles. The van der Waals surface area contributed by atoms with Gasteiger partial charge in [0.05, 0.1) is 5.69 Å². The molecule has 1 aliphatic carbocycles. The molecule has 1 atom stereocenters. The zero-order valence-corrected chi connectivity index (χ0v) is 14.7. The third-order valence-electron chi connectivity index (χ3n) is 3.77. The number of thiazole rings is 1. The molecule has 0 saturated heterocycles. The van der Waals surface area contributed by atoms with E-state index in [1.54, 1.807) is 11.3 Å². The van der Waals surface area contributed by atoms with Gasteiger partial charge in [0.25, 0.3) is 0 Å². The summed E-state index contributed by atoms with van der Waals surface area (Å²) in [6.07, 6.45) is 2.81. The molecule has 0 aliphatic heterocycles. The van der Waals surface area contributed by atoms with Gasteiger partial charge in [-0.25, -0.2) is 9.78 Å². The van der Waals surface area contributed by atoms with Crippen molar-refractivity contribution in [2.75, 3.05) is 5.32 Å². The molecule has 1 N–H and O–H groups in total. The highest BCUT2D eigenvalue weighted by atomic mass is 32.1. The summed E-state index contributed by atoms with van der Waals surface area (Å²) in [4.78, 5) is 17.7. The first kappa shape index (κ1) is 16.3. The van der Waals surface area contributed by atoms with E-state index < -0.39 is 11.7 Å². The third-order valence-corrected chi connectivity index (χ3v) is 4.81. The SMILES string of the molecule is CC(C)(C)OC(=O)Nc1nc2c(s1)CC(C(C)(C)C)CC2. The van der Waals surface area contributed by atoms with Crippen molar-refractivity contribution in [1.29, 1.82) is 0 Å². The molecule has 1 aliphatic rings. The summed E-state index contributed by atoms with van der Waals surface area (Å²) < 4.78 is 5.27. The van der Waals surface area contributed by atoms with Crippen molar-refractivity contribution in [2.45, 2.75) is 66.4 Å². The Bertz CT molecular complexity index is 523. The lowest BCUT2D eigenvalue weighted by atomic mass is 9.73. The number of carbonyl (C=O) groups is 1. The number of anilines is 1. The van der Waals surface area contributed by atoms with Crippen LogP contribution >= 0.6 is 11.3 Å². The summed E-state index contributed by atoms with van der Waals surface area (Å²) in [5.41, 5.74) is 0.977. The molecule has 1 amide bonds. The number of hydrogen-bond donors (Lipinski definition) is 1. The smallest absolute Gasteiger partial charge is 0.413 e. The number of nitrogens with one attached hydrogen (secondary N) is 1. The van der Waals surface area contributed by atoms with Crippen molar-refractivity contribution in [3.8, 4) is 0 Å². The monoisotopic (exact) mass is 310 g/mol. The maximum atomic E-state index is 11.8. The molecule has 118 valence electrons. The first-order valence-electron chi connectivity index (χ1n) is 7.53. The molecule has 0 spiro atoms. The van der Waals surface area contributed by atoms with Gasteiger partial charge in [-0.05, 0) is 51.4 Å². The summed E-state index contributed by atoms with van der Waals surface area (Å²) in [5.74, 6) is 0.680. The van der Waals surface area contributed by atoms with Crippen LogP contribution in [0.5, 0.6) is 0 Å². The fourth-order valence-electron chi connectivity index (χ4n) is 2.56. The maximum absolute atomic E-state index is 11.8. The lowest BCUT2D eigenvalue weighted by Gasteiger charge is -2.33. The number of fused-ring (bicyclic) bond motifs is 1. The maximum Gasteiger partial charge on any atom is 0.413 e. The predicted molar refractivity (Wildman–Crippen MR) is 86.9 cm³/mol. The van der Waals surface area contributed by atoms with Crippen LogP contribution in [-0.2, 0) is 17.6 Å². The zero-order valence-electron chi connectivity index (χ0n) is 13.9. The van der Waals surface area contributed by atoms with Gasteiger partial charge in [-0.15, -0.1) is 11.3 Å². The standard InChI is InChI=1S/C16H26N2O2S/c1-15(2,3)10-7-8-11-12(9-10)21-13(17-11)18-14(19)20-16(4,5)6/h10H,7-9H2,1-6H3,(H,17,18,19). The number of amides is 1. The average molecular weight is 310 g/mol. The van der Waals surface area contributed by atoms with E-state index in [1.807, 2.05) is 20.8 Å². The van der Waals surface area contributed by atoms with Crippen molar-refractivity contribution < 1.29 is 9.53 Å². The van der Waals surface area contributed by atoms with Crippen LogP contribution in [0.2, 0.25) is 0 Å². The van der Waals surface area contributed by atoms with E-state index in [2.05, 4.69) is 31.1 Å². The minimum absolute atomic E-state index is 0.320. The molecule has 1 aromatic heterocycles. The Morgan fingerprint density at radius 2 is 1.95 bits per heavy atom. The number of aryl methyl sites for hydroxylation is 1. The van der Waals surface area contributed by atoms with Gasteiger partial charge in [0.1, 0.15) is 5.60 Å². The summed E-state index contributed by atoms with van der Waals surface area (Å²) in [6.45, 7) is 12.4. The van der Waals surface area contributed by atoms with Crippen LogP contribution in [0.25, 0.3) is 0 Å². The first-order valence-corrected chi connectivity index (χ1v) is 8.35. The molecule has 21 heavy (non-hydrogen) atoms. The molecular weight excluding hydrogens is 284 g/mol. The number of hydrogen-bond acceptors (Lipinski definition) is 4. The number of rotatable bonds is 1. The van der Waals surface area contributed by atoms with Crippen LogP contribution in [0.4, 0.5) is 9.93 Å². The molecule has 0 saturated carbocycles. The Morgan fingerprint density at radius 1 is 1.29 bits per heavy atom. The van der Waals surface area contributed by atoms with Gasteiger partial charge < -0.3 is 4.74 Å². The lowest BCUT2D eigenvalue weighted by molar-refractivity contribution is 0.0636. The number of carbonyl (C=O) groups excluding carboxylic acids is 1. The van der Waals surface area contributed by atoms with E-state index in [9.17, 15) is 4.79 Å². The Balaban J connectivity index is 2.04. The van der Waals surface area contributed by atoms with Gasteiger partial charge in [0, 0.05) is 4.88 Å². The summed E-state index contributed by atoms with van der Waals surface area (Å²) in [6, 6.07) is 0. The lowest BCUT2D eigenvalue weighted by Crippen LogP contribution is -2.27. The number of aromatic nitrogens is 1. The number of ether oxygens (including phenoxy) is 1. The molecule has 1 aromatic rings. The minimum Gasteiger partial charge on any atom is -0.444 e. The van der Waals surface area contributed by atoms with Gasteiger partial charge >= 0.3 is 6.09 Å². The third kappa shape index (κ3) is 4.43. The van der Waals surface area contributed by atoms with Crippen molar-refractivity contribution in [3.63, 3.8) is 0 Å². The van der Waals surface area contributed by atoms with E-state index in [0.29, 0.717) is 16.5 Å². The highest BCUT2D eigenvalue weighted by Crippen LogP contribution is 2.40. The van der Waals surface area contributed by atoms with Crippen LogP contribution < -0.4 is 5.32 Å². The quantitative estimate of drug-likeness (QED) is 0.822. The van der Waals surface area contributed by atoms with Crippen molar-refractivity contribution in [1.82, 2.24) is 4.98 Å². The number of nitrogens with zero attached hydrogens (tertiary/aromatic N) is 1. The predicted octanol–water partition coefficient (Wildman–Crippen LogP) is 4.64. The van der Waals surface area contributed by atoms with Crippen LogP contribution in [-0.4, -0.2) is 16.7 Å². The van der Waals surface area contributed by atoms with Crippen molar-refractivity contribution in [2.24, 2.45) is 11.3 Å². The van der Waals surface area contributed by atoms with Crippen LogP contribution in [0.15, 0.2) is 0 Å². The molecule has 4 nitrogen and oxygen atoms in total. The summed E-state index contributed by atoms with van der Waals surface area (Å²) in [7, 11) is 0. The summed E-state index contributed by atoms with van der Waals surface area (Å²) >= 11 is 1.59. The summed E-state index contributed by atoms with van der Waals surface area (Å²) in [5, 5.41) is 3.41. The van der Waals surface area contributed by atoms with E-state index in [0.717, 1.165) is 18.5 Å². The van der Waals surface area contributed by atoms with E-state index in [-0.39, 0.29) is 0 Å². The van der Waals surface area contributed by atoms with Gasteiger partial charge in [-0.2, -0.15) is 0 Å². The zero-order chi connectivity index (χ0) is 15.8. The largest absolute Gasteiger partial charge is 0.444 e. The Hall–Kier alpha value is -1.10. The fourth-order valence-corrected chi connectivity index (χ4v) is 3.63. The second-order valence-corrected chi connectivity index (χ2v) is 8.91. The van der Waals surface area contributed by atoms with Crippen molar-refractivity contribution in [3.05, 3.63) is 10.6 Å². The molecule has 2 rings (SSSR count). The van der Waals surface area contributed by atoms with Gasteiger partial charge in [0.2, 0.25) is 0 Å². The molecule has 0 fully saturated rings. The Labute approximate surface area is 131 Å². The Morgan fingerprint density at radius 3 is 2.52 bits per heavy atom. The second-order valence-electron chi connectivity index (χ2n) is 7.82. The highest BCUT2D eigenvalue weighted by molar-refractivity contribution is 7.15. The molecule has 0 aromatic carbocycles. The molecule has 0 bridgehead atoms.